The van der Waals surface area contributed by atoms with Crippen LogP contribution < -0.4 is 15.0 Å². The lowest BCUT2D eigenvalue weighted by Crippen LogP contribution is -2.37. The molecule has 180 valence electrons. The topological polar surface area (TPSA) is 74.8 Å². The number of nitrogens with one attached hydrogen (secondary N) is 1. The number of aromatic nitrogens is 1. The molecule has 0 unspecified atom stereocenters. The highest BCUT2D eigenvalue weighted by atomic mass is 35.5. The van der Waals surface area contributed by atoms with Gasteiger partial charge >= 0.3 is 0 Å². The van der Waals surface area contributed by atoms with Gasteiger partial charge in [-0.15, -0.1) is 11.3 Å². The number of carbonyl (C=O) groups excluding carboxylic acids is 2. The zero-order valence-electron chi connectivity index (χ0n) is 19.6. The molecule has 1 heterocycles. The number of amides is 2. The normalized spacial score (nSPS) is 10.9. The van der Waals surface area contributed by atoms with E-state index in [1.807, 2.05) is 50.7 Å². The van der Waals surface area contributed by atoms with Gasteiger partial charge in [0.05, 0.1) is 12.1 Å². The summed E-state index contributed by atoms with van der Waals surface area (Å²) in [7, 11) is 3.99. The lowest BCUT2D eigenvalue weighted by molar-refractivity contribution is -0.120. The van der Waals surface area contributed by atoms with E-state index in [4.69, 9.17) is 16.3 Å². The van der Waals surface area contributed by atoms with Crippen LogP contribution in [0.4, 0.5) is 10.8 Å². The second-order valence-electron chi connectivity index (χ2n) is 8.16. The first kappa shape index (κ1) is 25.7. The molecule has 2 amide bonds. The van der Waals surface area contributed by atoms with Gasteiger partial charge in [0, 0.05) is 22.6 Å². The van der Waals surface area contributed by atoms with Gasteiger partial charge in [-0.1, -0.05) is 29.3 Å². The molecule has 0 saturated heterocycles. The highest BCUT2D eigenvalue weighted by molar-refractivity contribution is 7.14. The largest absolute Gasteiger partial charge is 0.484 e. The number of carbonyl (C=O) groups is 2. The molecule has 0 radical (unpaired) electrons. The predicted molar refractivity (Wildman–Crippen MR) is 138 cm³/mol. The molecule has 1 aromatic heterocycles. The smallest absolute Gasteiger partial charge is 0.266 e. The molecule has 0 bridgehead atoms. The van der Waals surface area contributed by atoms with E-state index in [0.717, 1.165) is 18.5 Å². The van der Waals surface area contributed by atoms with Crippen LogP contribution in [0, 0.1) is 6.92 Å². The van der Waals surface area contributed by atoms with Crippen molar-refractivity contribution in [3.05, 3.63) is 70.2 Å². The first-order chi connectivity index (χ1) is 16.3. The third-order valence-electron chi connectivity index (χ3n) is 4.91. The van der Waals surface area contributed by atoms with Crippen molar-refractivity contribution < 1.29 is 14.3 Å². The molecule has 7 nitrogen and oxygen atoms in total. The summed E-state index contributed by atoms with van der Waals surface area (Å²) in [5.41, 5.74) is 2.40. The van der Waals surface area contributed by atoms with Crippen molar-refractivity contribution in [3.8, 4) is 5.75 Å². The Morgan fingerprint density at radius 2 is 1.76 bits per heavy atom. The van der Waals surface area contributed by atoms with E-state index in [2.05, 4.69) is 15.2 Å². The number of rotatable bonds is 11. The summed E-state index contributed by atoms with van der Waals surface area (Å²) in [6, 6.07) is 14.5. The zero-order valence-corrected chi connectivity index (χ0v) is 21.2. The van der Waals surface area contributed by atoms with Crippen molar-refractivity contribution in [2.45, 2.75) is 19.8 Å². The van der Waals surface area contributed by atoms with E-state index >= 15 is 0 Å². The van der Waals surface area contributed by atoms with Gasteiger partial charge < -0.3 is 15.0 Å². The first-order valence-electron chi connectivity index (χ1n) is 10.9. The van der Waals surface area contributed by atoms with Crippen LogP contribution in [0.3, 0.4) is 0 Å². The Kier molecular flexibility index (Phi) is 9.44. The molecule has 0 aliphatic carbocycles. The number of thiazole rings is 1. The molecule has 0 aliphatic rings. The van der Waals surface area contributed by atoms with E-state index in [-0.39, 0.29) is 24.8 Å². The third kappa shape index (κ3) is 8.13. The Hall–Kier alpha value is -2.94. The van der Waals surface area contributed by atoms with Crippen LogP contribution in [-0.2, 0) is 16.0 Å². The fourth-order valence-corrected chi connectivity index (χ4v) is 4.13. The lowest BCUT2D eigenvalue weighted by Gasteiger charge is -2.21. The fourth-order valence-electron chi connectivity index (χ4n) is 3.13. The molecule has 3 rings (SSSR count). The maximum Gasteiger partial charge on any atom is 0.266 e. The molecule has 0 spiro atoms. The molecule has 0 fully saturated rings. The monoisotopic (exact) mass is 500 g/mol. The minimum Gasteiger partial charge on any atom is -0.484 e. The van der Waals surface area contributed by atoms with Gasteiger partial charge in [0.2, 0.25) is 5.91 Å². The molecule has 3 aromatic rings. The van der Waals surface area contributed by atoms with Gasteiger partial charge in [0.1, 0.15) is 5.75 Å². The van der Waals surface area contributed by atoms with Gasteiger partial charge in [-0.3, -0.25) is 14.5 Å². The van der Waals surface area contributed by atoms with E-state index in [1.165, 1.54) is 11.3 Å². The van der Waals surface area contributed by atoms with Gasteiger partial charge in [0.25, 0.3) is 5.91 Å². The number of hydrogen-bond acceptors (Lipinski definition) is 6. The highest BCUT2D eigenvalue weighted by Gasteiger charge is 2.20. The van der Waals surface area contributed by atoms with Crippen LogP contribution in [0.1, 0.15) is 17.7 Å². The molecule has 34 heavy (non-hydrogen) atoms. The quantitative estimate of drug-likeness (QED) is 0.415. The minimum absolute atomic E-state index is 0.0863. The minimum atomic E-state index is -0.188. The van der Waals surface area contributed by atoms with Crippen LogP contribution in [0.5, 0.6) is 5.75 Å². The van der Waals surface area contributed by atoms with E-state index in [1.54, 1.807) is 29.2 Å². The van der Waals surface area contributed by atoms with Crippen LogP contribution in [0.25, 0.3) is 0 Å². The number of hydrogen-bond donors (Lipinski definition) is 1. The van der Waals surface area contributed by atoms with Crippen molar-refractivity contribution in [1.82, 2.24) is 9.88 Å². The second-order valence-corrected chi connectivity index (χ2v) is 9.43. The van der Waals surface area contributed by atoms with Crippen molar-refractivity contribution >= 4 is 45.6 Å². The number of aryl methyl sites for hydroxylation is 1. The summed E-state index contributed by atoms with van der Waals surface area (Å²) in [6.07, 6.45) is 0.897. The SMILES string of the molecule is Cc1ccc(OCC(=O)N(CCCN(C)C)c2nc(CC(=O)Nc3ccc(Cl)cc3)cs2)cc1. The Balaban J connectivity index is 1.63. The Morgan fingerprint density at radius 1 is 1.06 bits per heavy atom. The molecule has 2 aromatic carbocycles. The summed E-state index contributed by atoms with van der Waals surface area (Å²) >= 11 is 7.23. The molecular formula is C25H29ClN4O3S. The zero-order chi connectivity index (χ0) is 24.5. The Bertz CT molecular complexity index is 1080. The summed E-state index contributed by atoms with van der Waals surface area (Å²) in [5.74, 6) is 0.282. The third-order valence-corrected chi connectivity index (χ3v) is 6.08. The maximum absolute atomic E-state index is 13.0. The number of nitrogens with zero attached hydrogens (tertiary/aromatic N) is 3. The average molecular weight is 501 g/mol. The van der Waals surface area contributed by atoms with Crippen molar-refractivity contribution in [3.63, 3.8) is 0 Å². The van der Waals surface area contributed by atoms with E-state index in [0.29, 0.717) is 33.8 Å². The standard InChI is InChI=1S/C25H29ClN4O3S/c1-18-5-11-22(12-6-18)33-16-24(32)30(14-4-13-29(2)3)25-28-21(17-34-25)15-23(31)27-20-9-7-19(26)8-10-20/h5-12,17H,4,13-16H2,1-3H3,(H,27,31). The van der Waals surface area contributed by atoms with Crippen LogP contribution in [-0.4, -0.2) is 55.5 Å². The molecule has 9 heteroatoms. The van der Waals surface area contributed by atoms with Crippen LogP contribution >= 0.6 is 22.9 Å². The Labute approximate surface area is 209 Å². The summed E-state index contributed by atoms with van der Waals surface area (Å²) in [6.45, 7) is 3.26. The molecular weight excluding hydrogens is 472 g/mol. The molecule has 0 saturated carbocycles. The summed E-state index contributed by atoms with van der Waals surface area (Å²) < 4.78 is 5.70. The predicted octanol–water partition coefficient (Wildman–Crippen LogP) is 4.65. The number of benzene rings is 2. The molecule has 1 N–H and O–H groups in total. The Morgan fingerprint density at radius 3 is 2.44 bits per heavy atom. The average Bonchev–Trinajstić information content (AvgIpc) is 3.25. The summed E-state index contributed by atoms with van der Waals surface area (Å²) in [5, 5.41) is 5.80. The van der Waals surface area contributed by atoms with Crippen LogP contribution in [0.2, 0.25) is 5.02 Å². The number of halogens is 1. The molecule has 0 atom stereocenters. The van der Waals surface area contributed by atoms with Crippen molar-refractivity contribution in [2.24, 2.45) is 0 Å². The fraction of sp³-hybridized carbons (Fsp3) is 0.320. The number of anilines is 2. The summed E-state index contributed by atoms with van der Waals surface area (Å²) in [4.78, 5) is 33.7. The van der Waals surface area contributed by atoms with Gasteiger partial charge in [-0.05, 0) is 70.4 Å². The van der Waals surface area contributed by atoms with E-state index in [9.17, 15) is 9.59 Å². The molecule has 0 aliphatic heterocycles. The first-order valence-corrected chi connectivity index (χ1v) is 12.2. The number of ether oxygens (including phenoxy) is 1. The van der Waals surface area contributed by atoms with Crippen LogP contribution in [0.15, 0.2) is 53.9 Å². The van der Waals surface area contributed by atoms with Gasteiger partial charge in [0.15, 0.2) is 11.7 Å². The van der Waals surface area contributed by atoms with Crippen molar-refractivity contribution in [2.75, 3.05) is 44.0 Å². The van der Waals surface area contributed by atoms with E-state index < -0.39 is 0 Å². The lowest BCUT2D eigenvalue weighted by atomic mass is 10.2. The van der Waals surface area contributed by atoms with Gasteiger partial charge in [-0.2, -0.15) is 0 Å². The van der Waals surface area contributed by atoms with Gasteiger partial charge in [-0.25, -0.2) is 4.98 Å². The highest BCUT2D eigenvalue weighted by Crippen LogP contribution is 2.23. The van der Waals surface area contributed by atoms with Crippen molar-refractivity contribution in [1.29, 1.82) is 0 Å². The maximum atomic E-state index is 13.0. The second kappa shape index (κ2) is 12.5.